The van der Waals surface area contributed by atoms with Gasteiger partial charge >= 0.3 is 0 Å². The van der Waals surface area contributed by atoms with Gasteiger partial charge in [0.2, 0.25) is 0 Å². The van der Waals surface area contributed by atoms with E-state index < -0.39 is 0 Å². The Hall–Kier alpha value is -2.64. The predicted octanol–water partition coefficient (Wildman–Crippen LogP) is 5.65. The van der Waals surface area contributed by atoms with Gasteiger partial charge in [-0.2, -0.15) is 5.10 Å². The molecule has 1 amide bonds. The summed E-state index contributed by atoms with van der Waals surface area (Å²) in [5.74, 6) is 0.878. The SMILES string of the molecule is Cc1ccc(-c2nnc(SCC(=O)NN=Cc3ccccc3Cl)n2C2CCCCC2)cc1. The van der Waals surface area contributed by atoms with Gasteiger partial charge in [-0.25, -0.2) is 5.43 Å². The molecule has 2 aromatic carbocycles. The van der Waals surface area contributed by atoms with Crippen molar-refractivity contribution in [1.82, 2.24) is 20.2 Å². The third-order valence-corrected chi connectivity index (χ3v) is 6.83. The van der Waals surface area contributed by atoms with E-state index in [1.165, 1.54) is 36.6 Å². The minimum absolute atomic E-state index is 0.201. The van der Waals surface area contributed by atoms with Gasteiger partial charge in [0.15, 0.2) is 11.0 Å². The van der Waals surface area contributed by atoms with E-state index in [2.05, 4.69) is 56.5 Å². The van der Waals surface area contributed by atoms with Gasteiger partial charge in [0.05, 0.1) is 12.0 Å². The van der Waals surface area contributed by atoms with Gasteiger partial charge in [-0.15, -0.1) is 10.2 Å². The summed E-state index contributed by atoms with van der Waals surface area (Å²) in [5.41, 5.74) is 5.58. The smallest absolute Gasteiger partial charge is 0.250 e. The number of amides is 1. The van der Waals surface area contributed by atoms with Crippen molar-refractivity contribution in [3.8, 4) is 11.4 Å². The third-order valence-electron chi connectivity index (χ3n) is 5.54. The Morgan fingerprint density at radius 1 is 1.16 bits per heavy atom. The number of nitrogens with one attached hydrogen (secondary N) is 1. The summed E-state index contributed by atoms with van der Waals surface area (Å²) in [7, 11) is 0. The van der Waals surface area contributed by atoms with Crippen LogP contribution < -0.4 is 5.43 Å². The Labute approximate surface area is 197 Å². The van der Waals surface area contributed by atoms with Crippen molar-refractivity contribution >= 4 is 35.5 Å². The zero-order valence-corrected chi connectivity index (χ0v) is 19.6. The largest absolute Gasteiger partial charge is 0.299 e. The lowest BCUT2D eigenvalue weighted by Crippen LogP contribution is -2.20. The zero-order chi connectivity index (χ0) is 22.3. The quantitative estimate of drug-likeness (QED) is 0.276. The number of aromatic nitrogens is 3. The van der Waals surface area contributed by atoms with Crippen LogP contribution in [0, 0.1) is 6.92 Å². The molecule has 0 saturated heterocycles. The van der Waals surface area contributed by atoms with Crippen molar-refractivity contribution in [3.63, 3.8) is 0 Å². The lowest BCUT2D eigenvalue weighted by Gasteiger charge is -2.25. The Balaban J connectivity index is 1.46. The van der Waals surface area contributed by atoms with Crippen molar-refractivity contribution in [3.05, 3.63) is 64.7 Å². The number of carbonyl (C=O) groups excluding carboxylic acids is 1. The Morgan fingerprint density at radius 3 is 2.66 bits per heavy atom. The van der Waals surface area contributed by atoms with E-state index in [0.29, 0.717) is 11.1 Å². The first-order chi connectivity index (χ1) is 15.6. The van der Waals surface area contributed by atoms with Crippen LogP contribution in [0.2, 0.25) is 5.02 Å². The first-order valence-corrected chi connectivity index (χ1v) is 12.2. The Kier molecular flexibility index (Phi) is 7.60. The molecule has 166 valence electrons. The van der Waals surface area contributed by atoms with Crippen LogP contribution in [0.25, 0.3) is 11.4 Å². The number of thioether (sulfide) groups is 1. The van der Waals surface area contributed by atoms with Crippen LogP contribution in [0.5, 0.6) is 0 Å². The number of nitrogens with zero attached hydrogens (tertiary/aromatic N) is 4. The van der Waals surface area contributed by atoms with Crippen LogP contribution in [0.4, 0.5) is 0 Å². The standard InChI is InChI=1S/C24H26ClN5OS/c1-17-11-13-18(14-12-17)23-28-29-24(30(23)20-8-3-2-4-9-20)32-16-22(31)27-26-15-19-7-5-6-10-21(19)25/h5-7,10-15,20H,2-4,8-9,16H2,1H3,(H,27,31). The second-order valence-corrected chi connectivity index (χ2v) is 9.29. The first kappa shape index (κ1) is 22.6. The number of rotatable bonds is 7. The summed E-state index contributed by atoms with van der Waals surface area (Å²) in [5, 5.41) is 14.3. The van der Waals surface area contributed by atoms with E-state index in [9.17, 15) is 4.79 Å². The fourth-order valence-electron chi connectivity index (χ4n) is 3.86. The summed E-state index contributed by atoms with van der Waals surface area (Å²) in [6.07, 6.45) is 7.45. The lowest BCUT2D eigenvalue weighted by atomic mass is 9.95. The predicted molar refractivity (Wildman–Crippen MR) is 130 cm³/mol. The number of aryl methyl sites for hydroxylation is 1. The van der Waals surface area contributed by atoms with E-state index in [1.807, 2.05) is 18.2 Å². The molecule has 8 heteroatoms. The molecule has 1 N–H and O–H groups in total. The van der Waals surface area contributed by atoms with E-state index in [0.717, 1.165) is 34.9 Å². The summed E-state index contributed by atoms with van der Waals surface area (Å²) in [6, 6.07) is 16.1. The second kappa shape index (κ2) is 10.8. The molecule has 0 bridgehead atoms. The number of hydrogen-bond acceptors (Lipinski definition) is 5. The number of carbonyl (C=O) groups is 1. The molecular weight excluding hydrogens is 442 g/mol. The number of hydrazone groups is 1. The molecule has 0 aliphatic heterocycles. The van der Waals surface area contributed by atoms with Gasteiger partial charge in [0, 0.05) is 22.2 Å². The molecule has 4 rings (SSSR count). The van der Waals surface area contributed by atoms with Crippen LogP contribution in [-0.2, 0) is 4.79 Å². The van der Waals surface area contributed by atoms with Crippen LogP contribution >= 0.6 is 23.4 Å². The molecule has 0 radical (unpaired) electrons. The molecule has 1 aliphatic carbocycles. The van der Waals surface area contributed by atoms with Gasteiger partial charge in [-0.1, -0.05) is 90.7 Å². The highest BCUT2D eigenvalue weighted by atomic mass is 35.5. The van der Waals surface area contributed by atoms with Crippen LogP contribution in [0.3, 0.4) is 0 Å². The zero-order valence-electron chi connectivity index (χ0n) is 18.0. The number of halogens is 1. The van der Waals surface area contributed by atoms with Crippen LogP contribution in [-0.4, -0.2) is 32.6 Å². The summed E-state index contributed by atoms with van der Waals surface area (Å²) >= 11 is 7.50. The molecule has 6 nitrogen and oxygen atoms in total. The number of benzene rings is 2. The maximum Gasteiger partial charge on any atom is 0.250 e. The average molecular weight is 468 g/mol. The van der Waals surface area contributed by atoms with Crippen molar-refractivity contribution in [1.29, 1.82) is 0 Å². The molecule has 1 heterocycles. The molecule has 32 heavy (non-hydrogen) atoms. The molecule has 0 atom stereocenters. The fraction of sp³-hybridized carbons (Fsp3) is 0.333. The number of hydrogen-bond donors (Lipinski definition) is 1. The summed E-state index contributed by atoms with van der Waals surface area (Å²) in [6.45, 7) is 2.07. The highest BCUT2D eigenvalue weighted by Crippen LogP contribution is 2.35. The van der Waals surface area contributed by atoms with Crippen molar-refractivity contribution in [2.75, 3.05) is 5.75 Å². The highest BCUT2D eigenvalue weighted by molar-refractivity contribution is 7.99. The van der Waals surface area contributed by atoms with Gasteiger partial charge in [-0.05, 0) is 25.8 Å². The van der Waals surface area contributed by atoms with Crippen LogP contribution in [0.1, 0.15) is 49.3 Å². The lowest BCUT2D eigenvalue weighted by molar-refractivity contribution is -0.118. The molecule has 3 aromatic rings. The van der Waals surface area contributed by atoms with E-state index in [-0.39, 0.29) is 11.7 Å². The first-order valence-electron chi connectivity index (χ1n) is 10.8. The van der Waals surface area contributed by atoms with Gasteiger partial charge < -0.3 is 0 Å². The molecule has 1 aliphatic rings. The van der Waals surface area contributed by atoms with Crippen molar-refractivity contribution in [2.24, 2.45) is 5.10 Å². The summed E-state index contributed by atoms with van der Waals surface area (Å²) < 4.78 is 2.23. The topological polar surface area (TPSA) is 72.2 Å². The summed E-state index contributed by atoms with van der Waals surface area (Å²) in [4.78, 5) is 12.4. The second-order valence-electron chi connectivity index (χ2n) is 7.94. The molecule has 1 fully saturated rings. The van der Waals surface area contributed by atoms with Gasteiger partial charge in [0.25, 0.3) is 5.91 Å². The maximum absolute atomic E-state index is 12.4. The molecule has 0 unspecified atom stereocenters. The molecule has 1 aromatic heterocycles. The fourth-order valence-corrected chi connectivity index (χ4v) is 4.84. The van der Waals surface area contributed by atoms with Crippen molar-refractivity contribution < 1.29 is 4.79 Å². The van der Waals surface area contributed by atoms with Crippen molar-refractivity contribution in [2.45, 2.75) is 50.2 Å². The highest BCUT2D eigenvalue weighted by Gasteiger charge is 2.24. The minimum atomic E-state index is -0.201. The molecule has 0 spiro atoms. The van der Waals surface area contributed by atoms with E-state index in [4.69, 9.17) is 11.6 Å². The molecule has 1 saturated carbocycles. The van der Waals surface area contributed by atoms with Gasteiger partial charge in [0.1, 0.15) is 0 Å². The average Bonchev–Trinajstić information content (AvgIpc) is 3.24. The monoisotopic (exact) mass is 467 g/mol. The van der Waals surface area contributed by atoms with Gasteiger partial charge in [-0.3, -0.25) is 9.36 Å². The Bertz CT molecular complexity index is 1090. The maximum atomic E-state index is 12.4. The normalized spacial score (nSPS) is 14.7. The minimum Gasteiger partial charge on any atom is -0.299 e. The Morgan fingerprint density at radius 2 is 1.91 bits per heavy atom. The van der Waals surface area contributed by atoms with E-state index >= 15 is 0 Å². The third kappa shape index (κ3) is 5.58. The van der Waals surface area contributed by atoms with Crippen LogP contribution in [0.15, 0.2) is 58.8 Å². The molecular formula is C24H26ClN5OS. The van der Waals surface area contributed by atoms with E-state index in [1.54, 1.807) is 12.3 Å².